The van der Waals surface area contributed by atoms with Gasteiger partial charge in [-0.05, 0) is 41.5 Å². The Balaban J connectivity index is 2.39. The van der Waals surface area contributed by atoms with Crippen molar-refractivity contribution in [3.05, 3.63) is 64.2 Å². The molecule has 0 fully saturated rings. The van der Waals surface area contributed by atoms with Crippen LogP contribution in [0.15, 0.2) is 41.3 Å². The maximum Gasteiger partial charge on any atom is 0.182 e. The van der Waals surface area contributed by atoms with Gasteiger partial charge >= 0.3 is 0 Å². The smallest absolute Gasteiger partial charge is 0.182 e. The lowest BCUT2D eigenvalue weighted by Crippen LogP contribution is -2.09. The molecule has 0 radical (unpaired) electrons. The van der Waals surface area contributed by atoms with E-state index < -0.39 is 21.5 Å². The summed E-state index contributed by atoms with van der Waals surface area (Å²) < 4.78 is 50.8. The summed E-state index contributed by atoms with van der Waals surface area (Å²) in [5.41, 5.74) is 6.30. The molecule has 112 valence electrons. The molecule has 3 nitrogen and oxygen atoms in total. The highest BCUT2D eigenvalue weighted by molar-refractivity contribution is 7.90. The van der Waals surface area contributed by atoms with Crippen LogP contribution in [0, 0.1) is 11.6 Å². The molecule has 0 unspecified atom stereocenters. The molecule has 2 N–H and O–H groups in total. The van der Waals surface area contributed by atoms with E-state index in [4.69, 9.17) is 17.3 Å². The van der Waals surface area contributed by atoms with E-state index in [0.717, 1.165) is 18.2 Å². The number of sulfone groups is 1. The molecule has 0 aliphatic heterocycles. The Kier molecular flexibility index (Phi) is 4.61. The van der Waals surface area contributed by atoms with E-state index in [9.17, 15) is 17.2 Å². The first-order valence-corrected chi connectivity index (χ1v) is 8.01. The van der Waals surface area contributed by atoms with Crippen LogP contribution in [0.3, 0.4) is 0 Å². The van der Waals surface area contributed by atoms with Gasteiger partial charge in [-0.15, -0.1) is 0 Å². The Morgan fingerprint density at radius 1 is 1.05 bits per heavy atom. The van der Waals surface area contributed by atoms with Crippen molar-refractivity contribution in [2.24, 2.45) is 5.73 Å². The van der Waals surface area contributed by atoms with Crippen molar-refractivity contribution in [3.63, 3.8) is 0 Å². The first-order valence-electron chi connectivity index (χ1n) is 5.98. The van der Waals surface area contributed by atoms with Gasteiger partial charge in [-0.3, -0.25) is 0 Å². The predicted molar refractivity (Wildman–Crippen MR) is 76.6 cm³/mol. The molecule has 2 aromatic carbocycles. The average Bonchev–Trinajstić information content (AvgIpc) is 2.43. The number of hydrogen-bond acceptors (Lipinski definition) is 3. The summed E-state index contributed by atoms with van der Waals surface area (Å²) in [5, 5.41) is -0.269. The summed E-state index contributed by atoms with van der Waals surface area (Å²) in [7, 11) is -3.73. The van der Waals surface area contributed by atoms with E-state index in [0.29, 0.717) is 11.1 Å². The first-order chi connectivity index (χ1) is 9.83. The molecule has 0 aliphatic carbocycles. The van der Waals surface area contributed by atoms with Gasteiger partial charge in [-0.2, -0.15) is 0 Å². The summed E-state index contributed by atoms with van der Waals surface area (Å²) in [6.07, 6.45) is 0. The number of benzene rings is 2. The Hall–Kier alpha value is -1.50. The zero-order valence-corrected chi connectivity index (χ0v) is 12.4. The van der Waals surface area contributed by atoms with Crippen LogP contribution in [0.25, 0.3) is 0 Å². The standard InChI is InChI=1S/C14H12ClF2NO2S/c15-13-6-12(3-4-14(13)17)21(19,20)8-9-1-2-11(16)5-10(9)7-18/h1-6H,7-8,18H2. The van der Waals surface area contributed by atoms with E-state index in [1.54, 1.807) is 0 Å². The fraction of sp³-hybridized carbons (Fsp3) is 0.143. The molecule has 7 heteroatoms. The fourth-order valence-electron chi connectivity index (χ4n) is 1.88. The zero-order valence-electron chi connectivity index (χ0n) is 10.8. The van der Waals surface area contributed by atoms with Crippen molar-refractivity contribution in [3.8, 4) is 0 Å². The highest BCUT2D eigenvalue weighted by Crippen LogP contribution is 2.24. The second kappa shape index (κ2) is 6.09. The maximum absolute atomic E-state index is 13.1. The van der Waals surface area contributed by atoms with Gasteiger partial charge in [-0.1, -0.05) is 17.7 Å². The van der Waals surface area contributed by atoms with Crippen LogP contribution in [0.5, 0.6) is 0 Å². The van der Waals surface area contributed by atoms with Crippen molar-refractivity contribution in [1.29, 1.82) is 0 Å². The van der Waals surface area contributed by atoms with Crippen molar-refractivity contribution >= 4 is 21.4 Å². The number of rotatable bonds is 4. The van der Waals surface area contributed by atoms with Crippen LogP contribution in [0.2, 0.25) is 5.02 Å². The molecule has 0 heterocycles. The highest BCUT2D eigenvalue weighted by Gasteiger charge is 2.18. The largest absolute Gasteiger partial charge is 0.326 e. The summed E-state index contributed by atoms with van der Waals surface area (Å²) >= 11 is 5.59. The van der Waals surface area contributed by atoms with Crippen molar-refractivity contribution in [2.75, 3.05) is 0 Å². The lowest BCUT2D eigenvalue weighted by atomic mass is 10.1. The van der Waals surface area contributed by atoms with Gasteiger partial charge in [0.1, 0.15) is 11.6 Å². The minimum atomic E-state index is -3.73. The van der Waals surface area contributed by atoms with Gasteiger partial charge in [0.2, 0.25) is 0 Å². The number of nitrogens with two attached hydrogens (primary N) is 1. The molecule has 0 amide bonds. The predicted octanol–water partition coefficient (Wildman–Crippen LogP) is 3.05. The maximum atomic E-state index is 13.1. The molecule has 0 aromatic heterocycles. The molecular weight excluding hydrogens is 320 g/mol. The van der Waals surface area contributed by atoms with Crippen molar-refractivity contribution in [1.82, 2.24) is 0 Å². The third kappa shape index (κ3) is 3.58. The summed E-state index contributed by atoms with van der Waals surface area (Å²) in [4.78, 5) is -0.0961. The van der Waals surface area contributed by atoms with Crippen molar-refractivity contribution in [2.45, 2.75) is 17.2 Å². The first kappa shape index (κ1) is 15.9. The Labute approximate surface area is 126 Å². The Morgan fingerprint density at radius 3 is 2.38 bits per heavy atom. The van der Waals surface area contributed by atoms with E-state index in [2.05, 4.69) is 0 Å². The molecule has 2 rings (SSSR count). The lowest BCUT2D eigenvalue weighted by Gasteiger charge is -2.09. The van der Waals surface area contributed by atoms with Gasteiger partial charge in [0.05, 0.1) is 15.7 Å². The van der Waals surface area contributed by atoms with Gasteiger partial charge in [-0.25, -0.2) is 17.2 Å². The molecule has 0 spiro atoms. The summed E-state index contributed by atoms with van der Waals surface area (Å²) in [6.45, 7) is 0.0206. The van der Waals surface area contributed by atoms with E-state index in [-0.39, 0.29) is 22.2 Å². The van der Waals surface area contributed by atoms with Gasteiger partial charge in [0, 0.05) is 6.54 Å². The average molecular weight is 332 g/mol. The Morgan fingerprint density at radius 2 is 1.76 bits per heavy atom. The zero-order chi connectivity index (χ0) is 15.6. The highest BCUT2D eigenvalue weighted by atomic mass is 35.5. The molecule has 0 atom stereocenters. The monoisotopic (exact) mass is 331 g/mol. The van der Waals surface area contributed by atoms with E-state index >= 15 is 0 Å². The third-order valence-electron chi connectivity index (χ3n) is 2.98. The molecule has 0 saturated heterocycles. The Bertz CT molecular complexity index is 779. The normalized spacial score (nSPS) is 11.6. The van der Waals surface area contributed by atoms with E-state index in [1.165, 1.54) is 18.2 Å². The van der Waals surface area contributed by atoms with Gasteiger partial charge in [0.25, 0.3) is 0 Å². The third-order valence-corrected chi connectivity index (χ3v) is 4.94. The molecule has 21 heavy (non-hydrogen) atoms. The molecule has 0 aliphatic rings. The molecular formula is C14H12ClF2NO2S. The quantitative estimate of drug-likeness (QED) is 0.876. The second-order valence-electron chi connectivity index (χ2n) is 4.45. The van der Waals surface area contributed by atoms with Crippen LogP contribution in [0.4, 0.5) is 8.78 Å². The van der Waals surface area contributed by atoms with Crippen molar-refractivity contribution < 1.29 is 17.2 Å². The SMILES string of the molecule is NCc1cc(F)ccc1CS(=O)(=O)c1ccc(F)c(Cl)c1. The second-order valence-corrected chi connectivity index (χ2v) is 6.85. The number of halogens is 3. The van der Waals surface area contributed by atoms with E-state index in [1.807, 2.05) is 0 Å². The molecule has 0 saturated carbocycles. The van der Waals surface area contributed by atoms with Crippen LogP contribution in [0.1, 0.15) is 11.1 Å². The van der Waals surface area contributed by atoms with Crippen LogP contribution < -0.4 is 5.73 Å². The van der Waals surface area contributed by atoms with Crippen LogP contribution in [-0.2, 0) is 22.1 Å². The molecule has 0 bridgehead atoms. The topological polar surface area (TPSA) is 60.2 Å². The van der Waals surface area contributed by atoms with Crippen LogP contribution >= 0.6 is 11.6 Å². The molecule has 2 aromatic rings. The fourth-order valence-corrected chi connectivity index (χ4v) is 3.56. The van der Waals surface area contributed by atoms with Gasteiger partial charge in [0.15, 0.2) is 9.84 Å². The minimum absolute atomic E-state index is 0.0206. The summed E-state index contributed by atoms with van der Waals surface area (Å²) in [6, 6.07) is 6.92. The minimum Gasteiger partial charge on any atom is -0.326 e. The lowest BCUT2D eigenvalue weighted by molar-refractivity contribution is 0.593. The summed E-state index contributed by atoms with van der Waals surface area (Å²) in [5.74, 6) is -1.54. The van der Waals surface area contributed by atoms with Gasteiger partial charge < -0.3 is 5.73 Å². The number of hydrogen-bond donors (Lipinski definition) is 1. The van der Waals surface area contributed by atoms with Crippen LogP contribution in [-0.4, -0.2) is 8.42 Å².